The third-order valence-corrected chi connectivity index (χ3v) is 3.05. The van der Waals surface area contributed by atoms with Crippen molar-refractivity contribution in [1.82, 2.24) is 0 Å². The predicted octanol–water partition coefficient (Wildman–Crippen LogP) is 4.05. The first-order valence-corrected chi connectivity index (χ1v) is 6.57. The van der Waals surface area contributed by atoms with E-state index in [1.54, 1.807) is 0 Å². The molecule has 2 nitrogen and oxygen atoms in total. The van der Waals surface area contributed by atoms with Gasteiger partial charge in [0.1, 0.15) is 6.10 Å². The number of rotatable bonds is 7. The van der Waals surface area contributed by atoms with E-state index in [9.17, 15) is 0 Å². The molecule has 0 saturated carbocycles. The fourth-order valence-electron chi connectivity index (χ4n) is 2.24. The largest absolute Gasteiger partial charge is 0.344 e. The molecule has 0 N–H and O–H groups in total. The third kappa shape index (κ3) is 4.26. The lowest BCUT2D eigenvalue weighted by Gasteiger charge is -2.16. The summed E-state index contributed by atoms with van der Waals surface area (Å²) in [5.74, 6) is -0.438. The number of hydrogen-bond acceptors (Lipinski definition) is 2. The molecule has 1 saturated heterocycles. The first-order valence-electron chi connectivity index (χ1n) is 6.57. The van der Waals surface area contributed by atoms with Gasteiger partial charge in [-0.1, -0.05) is 45.1 Å². The van der Waals surface area contributed by atoms with Crippen molar-refractivity contribution in [3.05, 3.63) is 12.7 Å². The number of unbranched alkanes of at least 4 members (excludes halogenated alkanes) is 4. The molecule has 1 fully saturated rings. The Kier molecular flexibility index (Phi) is 5.50. The second-order valence-corrected chi connectivity index (χ2v) is 5.08. The van der Waals surface area contributed by atoms with E-state index >= 15 is 0 Å². The zero-order valence-electron chi connectivity index (χ0n) is 11.0. The van der Waals surface area contributed by atoms with Crippen LogP contribution in [0.4, 0.5) is 0 Å². The van der Waals surface area contributed by atoms with E-state index < -0.39 is 5.79 Å². The van der Waals surface area contributed by atoms with Crippen LogP contribution in [0.25, 0.3) is 0 Å². The predicted molar refractivity (Wildman–Crippen MR) is 67.4 cm³/mol. The van der Waals surface area contributed by atoms with Crippen LogP contribution in [-0.4, -0.2) is 18.0 Å². The fourth-order valence-corrected chi connectivity index (χ4v) is 2.24. The van der Waals surface area contributed by atoms with Crippen molar-refractivity contribution in [2.75, 3.05) is 0 Å². The molecular weight excluding hydrogens is 200 g/mol. The van der Waals surface area contributed by atoms with Gasteiger partial charge in [-0.05, 0) is 20.3 Å². The lowest BCUT2D eigenvalue weighted by molar-refractivity contribution is -0.143. The highest BCUT2D eigenvalue weighted by Crippen LogP contribution is 2.31. The maximum atomic E-state index is 5.87. The fraction of sp³-hybridized carbons (Fsp3) is 0.857. The molecule has 16 heavy (non-hydrogen) atoms. The Balaban J connectivity index is 2.22. The van der Waals surface area contributed by atoms with Gasteiger partial charge in [0.15, 0.2) is 5.79 Å². The van der Waals surface area contributed by atoms with Gasteiger partial charge in [-0.25, -0.2) is 0 Å². The van der Waals surface area contributed by atoms with Crippen LogP contribution in [0.1, 0.15) is 59.3 Å². The molecular formula is C14H26O2. The molecule has 0 bridgehead atoms. The summed E-state index contributed by atoms with van der Waals surface area (Å²) >= 11 is 0. The highest BCUT2D eigenvalue weighted by molar-refractivity contribution is 4.92. The average molecular weight is 226 g/mol. The summed E-state index contributed by atoms with van der Waals surface area (Å²) in [6.45, 7) is 10.00. The van der Waals surface area contributed by atoms with Crippen molar-refractivity contribution in [3.8, 4) is 0 Å². The molecule has 0 spiro atoms. The quantitative estimate of drug-likeness (QED) is 0.481. The molecule has 1 aliphatic rings. The van der Waals surface area contributed by atoms with Crippen LogP contribution in [0.15, 0.2) is 12.7 Å². The van der Waals surface area contributed by atoms with Gasteiger partial charge in [-0.15, -0.1) is 6.58 Å². The summed E-state index contributed by atoms with van der Waals surface area (Å²) in [6.07, 6.45) is 9.74. The second kappa shape index (κ2) is 6.41. The first-order chi connectivity index (χ1) is 7.59. The Hall–Kier alpha value is -0.340. The van der Waals surface area contributed by atoms with E-state index in [0.29, 0.717) is 0 Å². The van der Waals surface area contributed by atoms with Crippen LogP contribution < -0.4 is 0 Å². The highest BCUT2D eigenvalue weighted by atomic mass is 16.7. The first kappa shape index (κ1) is 13.7. The zero-order chi connectivity index (χ0) is 12.0. The van der Waals surface area contributed by atoms with Crippen molar-refractivity contribution >= 4 is 0 Å². The molecule has 0 aromatic carbocycles. The van der Waals surface area contributed by atoms with Gasteiger partial charge in [-0.3, -0.25) is 0 Å². The van der Waals surface area contributed by atoms with E-state index in [2.05, 4.69) is 13.5 Å². The number of hydrogen-bond donors (Lipinski definition) is 0. The Morgan fingerprint density at radius 2 is 1.81 bits per heavy atom. The maximum Gasteiger partial charge on any atom is 0.164 e. The van der Waals surface area contributed by atoms with Crippen molar-refractivity contribution in [1.29, 1.82) is 0 Å². The molecule has 2 heteroatoms. The molecule has 2 atom stereocenters. The van der Waals surface area contributed by atoms with Gasteiger partial charge < -0.3 is 9.47 Å². The molecule has 1 heterocycles. The number of ether oxygens (including phenoxy) is 2. The van der Waals surface area contributed by atoms with Gasteiger partial charge in [0.2, 0.25) is 0 Å². The van der Waals surface area contributed by atoms with Crippen LogP contribution in [0.3, 0.4) is 0 Å². The lowest BCUT2D eigenvalue weighted by Crippen LogP contribution is -2.21. The summed E-state index contributed by atoms with van der Waals surface area (Å²) < 4.78 is 11.6. The maximum absolute atomic E-state index is 5.87. The van der Waals surface area contributed by atoms with Gasteiger partial charge in [0, 0.05) is 0 Å². The normalized spacial score (nSPS) is 28.2. The minimum absolute atomic E-state index is 0.0705. The van der Waals surface area contributed by atoms with Gasteiger partial charge in [0.05, 0.1) is 6.10 Å². The highest BCUT2D eigenvalue weighted by Gasteiger charge is 2.38. The molecule has 0 aliphatic carbocycles. The van der Waals surface area contributed by atoms with Crippen LogP contribution in [0.5, 0.6) is 0 Å². The molecule has 0 radical (unpaired) electrons. The minimum Gasteiger partial charge on any atom is -0.344 e. The SMILES string of the molecule is C=C[C@H]1OC(C)(C)O[C@@H]1CCCCCCC. The Bertz CT molecular complexity index is 211. The Labute approximate surface area is 100 Å². The summed E-state index contributed by atoms with van der Waals surface area (Å²) in [5.41, 5.74) is 0. The van der Waals surface area contributed by atoms with Crippen molar-refractivity contribution in [2.24, 2.45) is 0 Å². The van der Waals surface area contributed by atoms with E-state index in [1.165, 1.54) is 32.1 Å². The van der Waals surface area contributed by atoms with E-state index in [1.807, 2.05) is 19.9 Å². The molecule has 0 aromatic rings. The lowest BCUT2D eigenvalue weighted by atomic mass is 10.0. The van der Waals surface area contributed by atoms with Gasteiger partial charge in [0.25, 0.3) is 0 Å². The van der Waals surface area contributed by atoms with Crippen molar-refractivity contribution < 1.29 is 9.47 Å². The summed E-state index contributed by atoms with van der Waals surface area (Å²) in [4.78, 5) is 0. The molecule has 0 aromatic heterocycles. The zero-order valence-corrected chi connectivity index (χ0v) is 11.0. The minimum atomic E-state index is -0.438. The monoisotopic (exact) mass is 226 g/mol. The molecule has 0 amide bonds. The molecule has 1 rings (SSSR count). The third-order valence-electron chi connectivity index (χ3n) is 3.05. The van der Waals surface area contributed by atoms with Crippen LogP contribution in [-0.2, 0) is 9.47 Å². The second-order valence-electron chi connectivity index (χ2n) is 5.08. The van der Waals surface area contributed by atoms with Crippen molar-refractivity contribution in [3.63, 3.8) is 0 Å². The van der Waals surface area contributed by atoms with Crippen LogP contribution in [0.2, 0.25) is 0 Å². The molecule has 1 aliphatic heterocycles. The van der Waals surface area contributed by atoms with E-state index in [0.717, 1.165) is 6.42 Å². The van der Waals surface area contributed by atoms with Crippen molar-refractivity contribution in [2.45, 2.75) is 77.3 Å². The van der Waals surface area contributed by atoms with Gasteiger partial charge >= 0.3 is 0 Å². The van der Waals surface area contributed by atoms with Crippen LogP contribution in [0, 0.1) is 0 Å². The summed E-state index contributed by atoms with van der Waals surface area (Å²) in [5, 5.41) is 0. The Morgan fingerprint density at radius 3 is 2.44 bits per heavy atom. The Morgan fingerprint density at radius 1 is 1.12 bits per heavy atom. The average Bonchev–Trinajstić information content (AvgIpc) is 2.53. The smallest absolute Gasteiger partial charge is 0.164 e. The van der Waals surface area contributed by atoms with Gasteiger partial charge in [-0.2, -0.15) is 0 Å². The van der Waals surface area contributed by atoms with Crippen LogP contribution >= 0.6 is 0 Å². The summed E-state index contributed by atoms with van der Waals surface area (Å²) in [7, 11) is 0. The molecule has 0 unspecified atom stereocenters. The molecule has 94 valence electrons. The summed E-state index contributed by atoms with van der Waals surface area (Å²) in [6, 6.07) is 0. The standard InChI is InChI=1S/C14H26O2/c1-5-7-8-9-10-11-13-12(6-2)15-14(3,4)16-13/h6,12-13H,2,5,7-11H2,1,3-4H3/t12-,13-/m1/s1. The van der Waals surface area contributed by atoms with E-state index in [-0.39, 0.29) is 12.2 Å². The topological polar surface area (TPSA) is 18.5 Å². The van der Waals surface area contributed by atoms with E-state index in [4.69, 9.17) is 9.47 Å².